The van der Waals surface area contributed by atoms with Crippen molar-refractivity contribution in [3.8, 4) is 11.4 Å². The van der Waals surface area contributed by atoms with E-state index >= 15 is 0 Å². The Bertz CT molecular complexity index is 478. The van der Waals surface area contributed by atoms with Crippen molar-refractivity contribution in [2.75, 3.05) is 12.8 Å². The Morgan fingerprint density at radius 1 is 1.35 bits per heavy atom. The summed E-state index contributed by atoms with van der Waals surface area (Å²) in [7, 11) is 1.68. The van der Waals surface area contributed by atoms with Gasteiger partial charge in [-0.1, -0.05) is 0 Å². The number of methoxy groups -OCH3 is 1. The highest BCUT2D eigenvalue weighted by atomic mass is 16.5. The molecule has 5 nitrogen and oxygen atoms in total. The maximum atomic E-state index is 5.63. The van der Waals surface area contributed by atoms with Gasteiger partial charge in [-0.05, 0) is 31.2 Å². The molecule has 0 aliphatic heterocycles. The lowest BCUT2D eigenvalue weighted by atomic mass is 10.2. The van der Waals surface area contributed by atoms with Crippen molar-refractivity contribution < 1.29 is 4.74 Å². The second-order valence-corrected chi connectivity index (χ2v) is 3.96. The van der Waals surface area contributed by atoms with E-state index in [2.05, 4.69) is 10.1 Å². The summed E-state index contributed by atoms with van der Waals surface area (Å²) in [5.74, 6) is 0.702. The molecule has 0 radical (unpaired) electrons. The quantitative estimate of drug-likeness (QED) is 0.812. The first-order valence-electron chi connectivity index (χ1n) is 5.47. The number of nitrogen functional groups attached to an aromatic ring is 1. The number of rotatable bonds is 4. The topological polar surface area (TPSA) is 66.0 Å². The van der Waals surface area contributed by atoms with E-state index in [1.807, 2.05) is 31.2 Å². The highest BCUT2D eigenvalue weighted by molar-refractivity contribution is 5.57. The van der Waals surface area contributed by atoms with Gasteiger partial charge in [-0.25, -0.2) is 9.67 Å². The maximum Gasteiger partial charge on any atom is 0.181 e. The Morgan fingerprint density at radius 2 is 2.06 bits per heavy atom. The molecule has 1 unspecified atom stereocenters. The van der Waals surface area contributed by atoms with Crippen LogP contribution in [0.4, 0.5) is 5.69 Å². The van der Waals surface area contributed by atoms with Gasteiger partial charge in [0.05, 0.1) is 12.6 Å². The molecule has 0 aliphatic rings. The molecule has 2 rings (SSSR count). The highest BCUT2D eigenvalue weighted by Crippen LogP contribution is 2.15. The third-order valence-corrected chi connectivity index (χ3v) is 2.55. The van der Waals surface area contributed by atoms with E-state index in [4.69, 9.17) is 10.5 Å². The summed E-state index contributed by atoms with van der Waals surface area (Å²) in [5.41, 5.74) is 7.33. The predicted octanol–water partition coefficient (Wildman–Crippen LogP) is 1.56. The van der Waals surface area contributed by atoms with Crippen molar-refractivity contribution in [2.45, 2.75) is 19.6 Å². The van der Waals surface area contributed by atoms with Crippen LogP contribution in [0.2, 0.25) is 0 Å². The normalized spacial score (nSPS) is 12.6. The number of anilines is 1. The van der Waals surface area contributed by atoms with E-state index in [-0.39, 0.29) is 6.10 Å². The zero-order valence-electron chi connectivity index (χ0n) is 10.00. The fourth-order valence-electron chi connectivity index (χ4n) is 1.49. The van der Waals surface area contributed by atoms with Crippen LogP contribution in [-0.4, -0.2) is 28.0 Å². The Morgan fingerprint density at radius 3 is 2.71 bits per heavy atom. The van der Waals surface area contributed by atoms with Gasteiger partial charge in [0.1, 0.15) is 6.33 Å². The standard InChI is InChI=1S/C12H16N4O/c1-9(17-2)7-16-8-14-12(15-16)10-3-5-11(13)6-4-10/h3-6,8-9H,7,13H2,1-2H3. The first-order valence-corrected chi connectivity index (χ1v) is 5.47. The number of nitrogens with zero attached hydrogens (tertiary/aromatic N) is 3. The van der Waals surface area contributed by atoms with Gasteiger partial charge >= 0.3 is 0 Å². The molecule has 0 aliphatic carbocycles. The monoisotopic (exact) mass is 232 g/mol. The average Bonchev–Trinajstić information content (AvgIpc) is 2.78. The third kappa shape index (κ3) is 2.82. The van der Waals surface area contributed by atoms with E-state index in [1.165, 1.54) is 0 Å². The summed E-state index contributed by atoms with van der Waals surface area (Å²) < 4.78 is 6.96. The van der Waals surface area contributed by atoms with E-state index in [9.17, 15) is 0 Å². The molecule has 90 valence electrons. The molecule has 0 spiro atoms. The highest BCUT2D eigenvalue weighted by Gasteiger charge is 2.06. The number of hydrogen-bond acceptors (Lipinski definition) is 4. The summed E-state index contributed by atoms with van der Waals surface area (Å²) in [6, 6.07) is 7.51. The zero-order chi connectivity index (χ0) is 12.3. The molecule has 1 aromatic carbocycles. The van der Waals surface area contributed by atoms with E-state index < -0.39 is 0 Å². The Hall–Kier alpha value is -1.88. The van der Waals surface area contributed by atoms with Crippen molar-refractivity contribution in [1.29, 1.82) is 0 Å². The van der Waals surface area contributed by atoms with Crippen LogP contribution in [0.25, 0.3) is 11.4 Å². The summed E-state index contributed by atoms with van der Waals surface area (Å²) in [6.07, 6.45) is 1.83. The van der Waals surface area contributed by atoms with Crippen LogP contribution in [0, 0.1) is 0 Å². The lowest BCUT2D eigenvalue weighted by molar-refractivity contribution is 0.0998. The minimum atomic E-state index is 0.121. The van der Waals surface area contributed by atoms with Crippen molar-refractivity contribution in [2.24, 2.45) is 0 Å². The molecule has 1 aromatic heterocycles. The molecule has 1 heterocycles. The predicted molar refractivity (Wildman–Crippen MR) is 66.3 cm³/mol. The van der Waals surface area contributed by atoms with Gasteiger partial charge in [0.25, 0.3) is 0 Å². The molecule has 17 heavy (non-hydrogen) atoms. The second kappa shape index (κ2) is 4.97. The molecule has 2 N–H and O–H groups in total. The van der Waals surface area contributed by atoms with Gasteiger partial charge < -0.3 is 10.5 Å². The fourth-order valence-corrected chi connectivity index (χ4v) is 1.49. The van der Waals surface area contributed by atoms with Crippen molar-refractivity contribution in [3.63, 3.8) is 0 Å². The van der Waals surface area contributed by atoms with Gasteiger partial charge in [-0.2, -0.15) is 5.10 Å². The molecule has 2 aromatic rings. The third-order valence-electron chi connectivity index (χ3n) is 2.55. The van der Waals surface area contributed by atoms with E-state index in [0.717, 1.165) is 11.3 Å². The molecule has 0 amide bonds. The Kier molecular flexibility index (Phi) is 3.39. The number of benzene rings is 1. The Labute approximate surface area is 100 Å². The molecular formula is C12H16N4O. The largest absolute Gasteiger partial charge is 0.399 e. The van der Waals surface area contributed by atoms with Crippen LogP contribution in [-0.2, 0) is 11.3 Å². The SMILES string of the molecule is COC(C)Cn1cnc(-c2ccc(N)cc2)n1. The number of nitrogens with two attached hydrogens (primary N) is 1. The number of hydrogen-bond donors (Lipinski definition) is 1. The summed E-state index contributed by atoms with van der Waals surface area (Å²) in [4.78, 5) is 4.26. The second-order valence-electron chi connectivity index (χ2n) is 3.96. The Balaban J connectivity index is 2.15. The number of ether oxygens (including phenoxy) is 1. The maximum absolute atomic E-state index is 5.63. The van der Waals surface area contributed by atoms with Crippen molar-refractivity contribution in [3.05, 3.63) is 30.6 Å². The van der Waals surface area contributed by atoms with Gasteiger partial charge in [0.2, 0.25) is 0 Å². The van der Waals surface area contributed by atoms with Gasteiger partial charge in [-0.3, -0.25) is 0 Å². The van der Waals surface area contributed by atoms with Crippen LogP contribution in [0.1, 0.15) is 6.92 Å². The van der Waals surface area contributed by atoms with Gasteiger partial charge in [-0.15, -0.1) is 0 Å². The first-order chi connectivity index (χ1) is 8.19. The van der Waals surface area contributed by atoms with Gasteiger partial charge in [0.15, 0.2) is 5.82 Å². The number of aromatic nitrogens is 3. The van der Waals surface area contributed by atoms with E-state index in [1.54, 1.807) is 18.1 Å². The molecule has 1 atom stereocenters. The van der Waals surface area contributed by atoms with Crippen molar-refractivity contribution in [1.82, 2.24) is 14.8 Å². The molecule has 0 bridgehead atoms. The summed E-state index contributed by atoms with van der Waals surface area (Å²) in [6.45, 7) is 2.68. The fraction of sp³-hybridized carbons (Fsp3) is 0.333. The van der Waals surface area contributed by atoms with Crippen LogP contribution in [0.5, 0.6) is 0 Å². The van der Waals surface area contributed by atoms with Crippen LogP contribution >= 0.6 is 0 Å². The molecule has 0 fully saturated rings. The smallest absolute Gasteiger partial charge is 0.181 e. The minimum absolute atomic E-state index is 0.121. The zero-order valence-corrected chi connectivity index (χ0v) is 10.00. The molecular weight excluding hydrogens is 216 g/mol. The molecule has 5 heteroatoms. The van der Waals surface area contributed by atoms with Crippen molar-refractivity contribution >= 4 is 5.69 Å². The molecule has 0 saturated heterocycles. The lowest BCUT2D eigenvalue weighted by Crippen LogP contribution is -2.14. The van der Waals surface area contributed by atoms with Gasteiger partial charge in [0, 0.05) is 18.4 Å². The van der Waals surface area contributed by atoms with E-state index in [0.29, 0.717) is 12.4 Å². The van der Waals surface area contributed by atoms with Crippen LogP contribution in [0.3, 0.4) is 0 Å². The van der Waals surface area contributed by atoms with Crippen LogP contribution in [0.15, 0.2) is 30.6 Å². The summed E-state index contributed by atoms with van der Waals surface area (Å²) >= 11 is 0. The average molecular weight is 232 g/mol. The van der Waals surface area contributed by atoms with Crippen LogP contribution < -0.4 is 5.73 Å². The molecule has 0 saturated carbocycles. The lowest BCUT2D eigenvalue weighted by Gasteiger charge is -2.07. The minimum Gasteiger partial charge on any atom is -0.399 e. The first kappa shape index (κ1) is 11.6. The summed E-state index contributed by atoms with van der Waals surface area (Å²) in [5, 5.41) is 4.38.